The van der Waals surface area contributed by atoms with Crippen molar-refractivity contribution in [3.8, 4) is 68.2 Å². The number of ether oxygens (including phenoxy) is 4. The average Bonchev–Trinajstić information content (AvgIpc) is 1.67. The van der Waals surface area contributed by atoms with E-state index in [1.54, 1.807) is 0 Å². The molecule has 2 unspecified atom stereocenters. The van der Waals surface area contributed by atoms with Gasteiger partial charge in [0.15, 0.2) is 0 Å². The number of imide groups is 2. The second-order valence-electron chi connectivity index (χ2n) is 47.4. The lowest BCUT2D eigenvalue weighted by Gasteiger charge is -2.42. The highest BCUT2D eigenvalue weighted by Gasteiger charge is 2.52. The van der Waals surface area contributed by atoms with E-state index in [0.717, 1.165) is 128 Å². The first-order valence-electron chi connectivity index (χ1n) is 51.7. The highest BCUT2D eigenvalue weighted by molar-refractivity contribution is 6.46. The van der Waals surface area contributed by atoms with Gasteiger partial charge >= 0.3 is 0 Å². The molecule has 0 N–H and O–H groups in total. The molecule has 0 saturated carbocycles. The van der Waals surface area contributed by atoms with Crippen LogP contribution in [0.3, 0.4) is 0 Å². The Morgan fingerprint density at radius 1 is 0.264 bits per heavy atom. The number of anilines is 2. The van der Waals surface area contributed by atoms with E-state index in [2.05, 4.69) is 336 Å². The summed E-state index contributed by atoms with van der Waals surface area (Å²) in [6.07, 6.45) is 11.0. The van der Waals surface area contributed by atoms with Crippen LogP contribution in [0.5, 0.6) is 46.0 Å². The first kappa shape index (κ1) is 91.7. The van der Waals surface area contributed by atoms with Gasteiger partial charge in [-0.15, -0.1) is 0 Å². The third-order valence-corrected chi connectivity index (χ3v) is 32.3. The van der Waals surface area contributed by atoms with Gasteiger partial charge in [0, 0.05) is 55.3 Å². The molecule has 0 fully saturated rings. The Bertz CT molecular complexity index is 8540. The van der Waals surface area contributed by atoms with Gasteiger partial charge in [-0.2, -0.15) is 0 Å². The molecule has 5 aliphatic carbocycles. The lowest BCUT2D eigenvalue weighted by atomic mass is 9.62. The molecule has 2 heterocycles. The van der Waals surface area contributed by atoms with Crippen molar-refractivity contribution in [2.45, 2.75) is 224 Å². The number of aryl methyl sites for hydroxylation is 6. The van der Waals surface area contributed by atoms with E-state index >= 15 is 19.2 Å². The fraction of sp³-hybridized carbons (Fsp3) is 0.269. The van der Waals surface area contributed by atoms with Gasteiger partial charge in [0.1, 0.15) is 46.0 Å². The van der Waals surface area contributed by atoms with Gasteiger partial charge in [-0.1, -0.05) is 295 Å². The topological polar surface area (TPSA) is 112 Å². The zero-order chi connectivity index (χ0) is 101. The number of amides is 4. The van der Waals surface area contributed by atoms with E-state index in [4.69, 9.17) is 18.9 Å². The lowest BCUT2D eigenvalue weighted by molar-refractivity contribution is 0.0877. The van der Waals surface area contributed by atoms with E-state index < -0.39 is 11.8 Å². The van der Waals surface area contributed by atoms with Crippen molar-refractivity contribution < 1.29 is 38.1 Å². The molecule has 10 heteroatoms. The maximum absolute atomic E-state index is 16.3. The van der Waals surface area contributed by atoms with Crippen LogP contribution in [0, 0.1) is 39.5 Å². The second-order valence-corrected chi connectivity index (χ2v) is 47.4. The van der Waals surface area contributed by atoms with E-state index in [1.807, 2.05) is 72.8 Å². The summed E-state index contributed by atoms with van der Waals surface area (Å²) in [5, 5.41) is 13.1. The van der Waals surface area contributed by atoms with Crippen molar-refractivity contribution in [2.24, 2.45) is 11.8 Å². The number of rotatable bonds is 17. The molecule has 2 aliphatic heterocycles. The third-order valence-electron chi connectivity index (χ3n) is 32.3. The summed E-state index contributed by atoms with van der Waals surface area (Å²) in [5.74, 6) is 2.74. The molecule has 0 aromatic heterocycles. The van der Waals surface area contributed by atoms with Gasteiger partial charge < -0.3 is 18.9 Å². The fourth-order valence-electron chi connectivity index (χ4n) is 24.8. The molecule has 24 rings (SSSR count). The maximum atomic E-state index is 16.3. The van der Waals surface area contributed by atoms with Crippen LogP contribution in [0.2, 0.25) is 0 Å². The van der Waals surface area contributed by atoms with Gasteiger partial charge in [-0.25, -0.2) is 9.80 Å². The maximum Gasteiger partial charge on any atom is 0.266 e. The summed E-state index contributed by atoms with van der Waals surface area (Å²) in [5.41, 5.74) is 31.5. The monoisotopic (exact) mass is 1890 g/mol. The lowest BCUT2D eigenvalue weighted by Crippen LogP contribution is -2.42. The first-order chi connectivity index (χ1) is 68.5. The van der Waals surface area contributed by atoms with E-state index in [9.17, 15) is 0 Å². The van der Waals surface area contributed by atoms with Gasteiger partial charge in [0.25, 0.3) is 23.6 Å². The molecule has 0 bridgehead atoms. The largest absolute Gasteiger partial charge is 0.457 e. The molecule has 17 aromatic rings. The SMILES string of the molecule is Cc1cc(C(C)C)c(N2C(=O)c3cc(Oc4ccc(C(C)(C)C)cc4)c4c5c(c(Oc6ccc(C(C)(C)C)cc6)cc(c35)C2=O)C2=CC=C3c5cc6cc(CCc7cc8cc9c(cc8cc7C)-c7ccc8c%10c(Oc%11ccc(C(C)(C)C)cc%11)cc%11c%12c(cc(Oc%13ccc(C(C)(C)C)cc%13)c(c%13ccc-9c7c8%13)c%12%10)C(=O)N(c7c(C(C)C)cc(C)cc7C(C)C)C%11=O)c(C)cc6cc5C5=CC=C4C2C53)c(C(C)C)c1. The average molecular weight is 1890 g/mol. The Morgan fingerprint density at radius 3 is 0.861 bits per heavy atom. The number of fused-ring (bicyclic) bond motifs is 12. The number of hydrogen-bond acceptors (Lipinski definition) is 8. The number of carbonyl (C=O) groups is 4. The molecule has 0 radical (unpaired) electrons. The number of benzene rings is 17. The van der Waals surface area contributed by atoms with Crippen LogP contribution in [0.1, 0.15) is 304 Å². The third kappa shape index (κ3) is 14.2. The molecule has 0 saturated heterocycles. The Hall–Kier alpha value is -14.7. The number of hydrogen-bond donors (Lipinski definition) is 0. The first-order valence-corrected chi connectivity index (χ1v) is 51.7. The summed E-state index contributed by atoms with van der Waals surface area (Å²) in [6, 6.07) is 78.1. The predicted molar refractivity (Wildman–Crippen MR) is 595 cm³/mol. The molecular formula is C134H122N2O8. The van der Waals surface area contributed by atoms with E-state index in [1.165, 1.54) is 104 Å². The fourth-order valence-corrected chi connectivity index (χ4v) is 24.8. The predicted octanol–water partition coefficient (Wildman–Crippen LogP) is 35.8. The van der Waals surface area contributed by atoms with Crippen molar-refractivity contribution in [3.63, 3.8) is 0 Å². The molecule has 4 amide bonds. The normalized spacial score (nSPS) is 15.7. The summed E-state index contributed by atoms with van der Waals surface area (Å²) < 4.78 is 29.6. The van der Waals surface area contributed by atoms with Crippen molar-refractivity contribution in [1.29, 1.82) is 0 Å². The Labute approximate surface area is 844 Å². The minimum Gasteiger partial charge on any atom is -0.457 e. The Balaban J connectivity index is 0.613. The zero-order valence-electron chi connectivity index (χ0n) is 87.1. The molecule has 0 spiro atoms. The molecule has 10 nitrogen and oxygen atoms in total. The van der Waals surface area contributed by atoms with Gasteiger partial charge in [0.05, 0.1) is 33.6 Å². The molecule has 144 heavy (non-hydrogen) atoms. The highest BCUT2D eigenvalue weighted by Crippen LogP contribution is 2.67. The minimum absolute atomic E-state index is 0.00660. The Kier molecular flexibility index (Phi) is 20.6. The number of nitrogens with zero attached hydrogens (tertiary/aromatic N) is 2. The molecule has 716 valence electrons. The molecule has 2 atom stereocenters. The van der Waals surface area contributed by atoms with Gasteiger partial charge in [-0.3, -0.25) is 19.2 Å². The number of carbonyl (C=O) groups excluding carboxylic acids is 4. The van der Waals surface area contributed by atoms with Crippen LogP contribution in [-0.4, -0.2) is 23.6 Å². The zero-order valence-corrected chi connectivity index (χ0v) is 87.1. The summed E-state index contributed by atoms with van der Waals surface area (Å²) in [6.45, 7) is 52.4. The molecule has 17 aromatic carbocycles. The molecule has 7 aliphatic rings. The van der Waals surface area contributed by atoms with Crippen LogP contribution in [0.25, 0.3) is 120 Å². The van der Waals surface area contributed by atoms with Crippen LogP contribution in [0.15, 0.2) is 243 Å². The summed E-state index contributed by atoms with van der Waals surface area (Å²) in [7, 11) is 0. The van der Waals surface area contributed by atoms with Crippen molar-refractivity contribution in [2.75, 3.05) is 9.80 Å². The van der Waals surface area contributed by atoms with Crippen LogP contribution in [0.4, 0.5) is 11.4 Å². The quantitative estimate of drug-likeness (QED) is 0.0503. The van der Waals surface area contributed by atoms with Gasteiger partial charge in [-0.05, 0) is 348 Å². The molecular weight excluding hydrogens is 1770 g/mol. The summed E-state index contributed by atoms with van der Waals surface area (Å²) in [4.78, 5) is 68.3. The van der Waals surface area contributed by atoms with E-state index in [-0.39, 0.29) is 69.0 Å². The van der Waals surface area contributed by atoms with Gasteiger partial charge in [0.2, 0.25) is 0 Å². The number of allylic oxidation sites excluding steroid dienone is 8. The van der Waals surface area contributed by atoms with Crippen LogP contribution < -0.4 is 28.7 Å². The smallest absolute Gasteiger partial charge is 0.266 e. The highest BCUT2D eigenvalue weighted by atomic mass is 16.5. The van der Waals surface area contributed by atoms with Crippen molar-refractivity contribution in [3.05, 3.63) is 365 Å². The van der Waals surface area contributed by atoms with Crippen LogP contribution >= 0.6 is 0 Å². The van der Waals surface area contributed by atoms with E-state index in [0.29, 0.717) is 90.4 Å². The summed E-state index contributed by atoms with van der Waals surface area (Å²) >= 11 is 0. The van der Waals surface area contributed by atoms with Crippen LogP contribution in [-0.2, 0) is 34.5 Å². The second kappa shape index (κ2) is 32.4. The Morgan fingerprint density at radius 2 is 0.542 bits per heavy atom. The minimum atomic E-state index is -0.396. The van der Waals surface area contributed by atoms with Crippen molar-refractivity contribution in [1.82, 2.24) is 0 Å². The standard InChI is InChI=1S/C134H122N2O8/c1-67(2)97-51-71(9)52-98(68(3)4)125(97)135-127(137)105-63-109(141-85-35-27-81(28-36-85)131(13,14)15)119-93-47-43-89-101-59-77-55-73(11)75(57-79(77)61-103(101)91-45-49-95(115(93)113(89)91)121-111(65-107(129(135)139)117(105)123(119)121)143-87-39-31-83(32-40-87)133(19,20)21)25-26-76-58-80-62-104-92-46-50-96-116-94(48-44-90(114(92)116)102(104)60-78(80)56-74(76)12)120-110(142-86-37-29-82(30-38-86)132(16,17)18)64-106-118-108(66-112(122(96)124(118)120)144-88-41-33-84(34-42-88)134(22,23)24)130(140)136(128(106)138)126-99(69(5)6)53-72(10)54-100(126)70(7)8/h27-70,113,115H,25-26H2,1-24H3. The van der Waals surface area contributed by atoms with Crippen molar-refractivity contribution >= 4 is 133 Å².